The number of hydrogen-bond acceptors (Lipinski definition) is 3. The zero-order valence-electron chi connectivity index (χ0n) is 13.0. The first-order valence-corrected chi connectivity index (χ1v) is 8.16. The Morgan fingerprint density at radius 2 is 2.19 bits per heavy atom. The third kappa shape index (κ3) is 5.88. The van der Waals surface area contributed by atoms with E-state index in [0.717, 1.165) is 25.9 Å². The van der Waals surface area contributed by atoms with E-state index in [-0.39, 0.29) is 5.97 Å². The minimum absolute atomic E-state index is 0.0406. The standard InChI is InChI=1S/C18H27NO2/c1-15(17-10-5-11-19-14-17)13-18(20)21-12-6-9-16-7-3-2-4-8-16/h2-4,7-8,15,17,19H,5-6,9-14H2,1H3. The number of benzene rings is 1. The SMILES string of the molecule is CC(CC(=O)OCCCc1ccccc1)C1CCCNC1. The predicted molar refractivity (Wildman–Crippen MR) is 85.1 cm³/mol. The van der Waals surface area contributed by atoms with Gasteiger partial charge in [0.15, 0.2) is 0 Å². The molecule has 0 bridgehead atoms. The van der Waals surface area contributed by atoms with Crippen molar-refractivity contribution >= 4 is 5.97 Å². The molecule has 0 aliphatic carbocycles. The summed E-state index contributed by atoms with van der Waals surface area (Å²) in [5.74, 6) is 0.996. The monoisotopic (exact) mass is 289 g/mol. The highest BCUT2D eigenvalue weighted by molar-refractivity contribution is 5.69. The highest BCUT2D eigenvalue weighted by Gasteiger charge is 2.22. The van der Waals surface area contributed by atoms with Crippen LogP contribution >= 0.6 is 0 Å². The Kier molecular flexibility index (Phi) is 6.74. The number of carbonyl (C=O) groups is 1. The van der Waals surface area contributed by atoms with Crippen molar-refractivity contribution in [2.45, 2.75) is 39.0 Å². The van der Waals surface area contributed by atoms with Crippen LogP contribution in [0.1, 0.15) is 38.2 Å². The number of aryl methyl sites for hydroxylation is 1. The lowest BCUT2D eigenvalue weighted by Crippen LogP contribution is -2.34. The van der Waals surface area contributed by atoms with E-state index < -0.39 is 0 Å². The number of carbonyl (C=O) groups excluding carboxylic acids is 1. The van der Waals surface area contributed by atoms with Crippen LogP contribution in [0, 0.1) is 11.8 Å². The molecule has 1 saturated heterocycles. The summed E-state index contributed by atoms with van der Waals surface area (Å²) in [4.78, 5) is 11.9. The van der Waals surface area contributed by atoms with Gasteiger partial charge in [-0.1, -0.05) is 37.3 Å². The van der Waals surface area contributed by atoms with Crippen LogP contribution in [-0.2, 0) is 16.0 Å². The van der Waals surface area contributed by atoms with E-state index in [4.69, 9.17) is 4.74 Å². The highest BCUT2D eigenvalue weighted by atomic mass is 16.5. The van der Waals surface area contributed by atoms with Gasteiger partial charge in [0.25, 0.3) is 0 Å². The molecule has 1 aromatic rings. The number of nitrogens with one attached hydrogen (secondary N) is 1. The van der Waals surface area contributed by atoms with Crippen molar-refractivity contribution in [3.8, 4) is 0 Å². The molecule has 0 spiro atoms. The summed E-state index contributed by atoms with van der Waals surface area (Å²) in [5.41, 5.74) is 1.30. The lowest BCUT2D eigenvalue weighted by molar-refractivity contribution is -0.145. The summed E-state index contributed by atoms with van der Waals surface area (Å²) in [6.07, 6.45) is 4.87. The summed E-state index contributed by atoms with van der Waals surface area (Å²) >= 11 is 0. The van der Waals surface area contributed by atoms with Crippen molar-refractivity contribution in [3.05, 3.63) is 35.9 Å². The van der Waals surface area contributed by atoms with Crippen LogP contribution in [0.3, 0.4) is 0 Å². The van der Waals surface area contributed by atoms with E-state index in [1.54, 1.807) is 0 Å². The van der Waals surface area contributed by atoms with Crippen LogP contribution < -0.4 is 5.32 Å². The van der Waals surface area contributed by atoms with Crippen LogP contribution in [0.4, 0.5) is 0 Å². The van der Waals surface area contributed by atoms with E-state index in [2.05, 4.69) is 24.4 Å². The van der Waals surface area contributed by atoms with E-state index in [1.165, 1.54) is 18.4 Å². The molecule has 2 rings (SSSR count). The Labute approximate surface area is 128 Å². The Morgan fingerprint density at radius 3 is 2.90 bits per heavy atom. The number of hydrogen-bond donors (Lipinski definition) is 1. The van der Waals surface area contributed by atoms with Gasteiger partial charge >= 0.3 is 5.97 Å². The molecule has 0 aromatic heterocycles. The lowest BCUT2D eigenvalue weighted by atomic mass is 9.85. The van der Waals surface area contributed by atoms with Gasteiger partial charge in [0.2, 0.25) is 0 Å². The van der Waals surface area contributed by atoms with E-state index in [0.29, 0.717) is 24.9 Å². The van der Waals surface area contributed by atoms with Crippen LogP contribution in [-0.4, -0.2) is 25.7 Å². The zero-order chi connectivity index (χ0) is 14.9. The second-order valence-corrected chi connectivity index (χ2v) is 6.10. The number of ether oxygens (including phenoxy) is 1. The summed E-state index contributed by atoms with van der Waals surface area (Å²) in [6, 6.07) is 10.3. The molecule has 2 atom stereocenters. The molecular formula is C18H27NO2. The van der Waals surface area contributed by atoms with Crippen LogP contribution in [0.2, 0.25) is 0 Å². The summed E-state index contributed by atoms with van der Waals surface area (Å²) in [7, 11) is 0. The first-order valence-electron chi connectivity index (χ1n) is 8.16. The molecule has 1 aliphatic heterocycles. The van der Waals surface area contributed by atoms with Gasteiger partial charge in [-0.3, -0.25) is 4.79 Å². The zero-order valence-corrected chi connectivity index (χ0v) is 13.0. The molecule has 2 unspecified atom stereocenters. The van der Waals surface area contributed by atoms with Crippen LogP contribution in [0.5, 0.6) is 0 Å². The van der Waals surface area contributed by atoms with Gasteiger partial charge in [-0.2, -0.15) is 0 Å². The second kappa shape index (κ2) is 8.83. The molecule has 1 fully saturated rings. The Bertz CT molecular complexity index is 412. The normalized spacial score (nSPS) is 20.0. The number of piperidine rings is 1. The Hall–Kier alpha value is -1.35. The largest absolute Gasteiger partial charge is 0.466 e. The fourth-order valence-electron chi connectivity index (χ4n) is 2.96. The van der Waals surface area contributed by atoms with Gasteiger partial charge in [-0.25, -0.2) is 0 Å². The fourth-order valence-corrected chi connectivity index (χ4v) is 2.96. The number of esters is 1. The molecule has 0 amide bonds. The van der Waals surface area contributed by atoms with Crippen LogP contribution in [0.15, 0.2) is 30.3 Å². The Morgan fingerprint density at radius 1 is 1.38 bits per heavy atom. The second-order valence-electron chi connectivity index (χ2n) is 6.10. The van der Waals surface area contributed by atoms with E-state index >= 15 is 0 Å². The molecule has 3 heteroatoms. The quantitative estimate of drug-likeness (QED) is 0.619. The molecule has 1 aromatic carbocycles. The summed E-state index contributed by atoms with van der Waals surface area (Å²) < 4.78 is 5.37. The van der Waals surface area contributed by atoms with Crippen molar-refractivity contribution in [1.29, 1.82) is 0 Å². The highest BCUT2D eigenvalue weighted by Crippen LogP contribution is 2.22. The minimum Gasteiger partial charge on any atom is -0.466 e. The van der Waals surface area contributed by atoms with E-state index in [1.807, 2.05) is 18.2 Å². The van der Waals surface area contributed by atoms with E-state index in [9.17, 15) is 4.79 Å². The molecule has 3 nitrogen and oxygen atoms in total. The molecule has 116 valence electrons. The van der Waals surface area contributed by atoms with Crippen LogP contribution in [0.25, 0.3) is 0 Å². The summed E-state index contributed by atoms with van der Waals surface area (Å²) in [5, 5.41) is 3.41. The number of rotatable bonds is 7. The topological polar surface area (TPSA) is 38.3 Å². The first kappa shape index (κ1) is 16.0. The van der Waals surface area contributed by atoms with Gasteiger partial charge in [0.05, 0.1) is 6.61 Å². The molecule has 0 saturated carbocycles. The van der Waals surface area contributed by atoms with Crippen molar-refractivity contribution in [2.24, 2.45) is 11.8 Å². The third-order valence-corrected chi connectivity index (χ3v) is 4.34. The van der Waals surface area contributed by atoms with Gasteiger partial charge in [-0.05, 0) is 56.2 Å². The summed E-state index contributed by atoms with van der Waals surface area (Å²) in [6.45, 7) is 4.86. The molecule has 21 heavy (non-hydrogen) atoms. The van der Waals surface area contributed by atoms with Gasteiger partial charge < -0.3 is 10.1 Å². The van der Waals surface area contributed by atoms with Crippen molar-refractivity contribution in [2.75, 3.05) is 19.7 Å². The maximum absolute atomic E-state index is 11.9. The maximum atomic E-state index is 11.9. The fraction of sp³-hybridized carbons (Fsp3) is 0.611. The predicted octanol–water partition coefficient (Wildman–Crippen LogP) is 3.19. The van der Waals surface area contributed by atoms with Crippen molar-refractivity contribution in [3.63, 3.8) is 0 Å². The van der Waals surface area contributed by atoms with Gasteiger partial charge in [0.1, 0.15) is 0 Å². The first-order chi connectivity index (χ1) is 10.3. The average Bonchev–Trinajstić information content (AvgIpc) is 2.53. The maximum Gasteiger partial charge on any atom is 0.306 e. The Balaban J connectivity index is 1.58. The molecule has 1 aliphatic rings. The van der Waals surface area contributed by atoms with Gasteiger partial charge in [0, 0.05) is 6.42 Å². The van der Waals surface area contributed by atoms with Gasteiger partial charge in [-0.15, -0.1) is 0 Å². The molecule has 1 heterocycles. The molecule has 1 N–H and O–H groups in total. The minimum atomic E-state index is -0.0406. The molecule has 0 radical (unpaired) electrons. The lowest BCUT2D eigenvalue weighted by Gasteiger charge is -2.27. The third-order valence-electron chi connectivity index (χ3n) is 4.34. The van der Waals surface area contributed by atoms with Crippen molar-refractivity contribution in [1.82, 2.24) is 5.32 Å². The smallest absolute Gasteiger partial charge is 0.306 e. The average molecular weight is 289 g/mol. The molecular weight excluding hydrogens is 262 g/mol. The van der Waals surface area contributed by atoms with Crippen molar-refractivity contribution < 1.29 is 9.53 Å².